The largest absolute Gasteiger partial charge is 0.543 e. The number of aromatic nitrogens is 3. The van der Waals surface area contributed by atoms with Crippen LogP contribution < -0.4 is 24.9 Å². The van der Waals surface area contributed by atoms with Gasteiger partial charge in [0.25, 0.3) is 8.32 Å². The number of halogens is 3. The maximum Gasteiger partial charge on any atom is 0.319 e. The van der Waals surface area contributed by atoms with Crippen LogP contribution in [0.25, 0.3) is 32.9 Å². The van der Waals surface area contributed by atoms with Crippen LogP contribution in [0.15, 0.2) is 42.6 Å². The Kier molecular flexibility index (Phi) is 15.2. The van der Waals surface area contributed by atoms with Gasteiger partial charge in [-0.15, -0.1) is 5.54 Å². The molecule has 0 aliphatic carbocycles. The topological polar surface area (TPSA) is 84.4 Å². The number of nitrogens with one attached hydrogen (secondary N) is 2. The molecule has 1 saturated heterocycles. The van der Waals surface area contributed by atoms with Crippen LogP contribution in [-0.2, 0) is 0 Å². The van der Waals surface area contributed by atoms with E-state index in [1.54, 1.807) is 12.3 Å². The van der Waals surface area contributed by atoms with E-state index in [2.05, 4.69) is 105 Å². The molecule has 2 aliphatic rings. The van der Waals surface area contributed by atoms with Crippen LogP contribution in [0.1, 0.15) is 108 Å². The zero-order valence-electron chi connectivity index (χ0n) is 39.1. The van der Waals surface area contributed by atoms with Crippen molar-refractivity contribution in [2.75, 3.05) is 37.8 Å². The minimum absolute atomic E-state index is 0.00230. The predicted octanol–water partition coefficient (Wildman–Crippen LogP) is 12.2. The lowest BCUT2D eigenvalue weighted by Crippen LogP contribution is -2.50. The number of hydrogen-bond acceptors (Lipinski definition) is 8. The highest BCUT2D eigenvalue weighted by Gasteiger charge is 2.47. The number of anilines is 1. The summed E-state index contributed by atoms with van der Waals surface area (Å²) < 4.78 is 62.6. The number of hydrazine groups is 1. The normalized spacial score (nSPS) is 18.0. The number of rotatable bonds is 13. The van der Waals surface area contributed by atoms with E-state index in [1.165, 1.54) is 6.07 Å². The SMILES string of the molecule is CC(C)[Si](C#Cc1c(F)ccc2cc(O[Si](C(C)C)(C(C)C)C(C)C)cc(-c3ncc4c(N5CC=CCN5)nc(OC[C@@H]5CCCNC[C@H](F)C5)nc4c3F)c12)(C(C)C)C(C)C. The molecule has 1 fully saturated rings. The van der Waals surface area contributed by atoms with Crippen LogP contribution in [0.3, 0.4) is 0 Å². The highest BCUT2D eigenvalue weighted by Crippen LogP contribution is 2.46. The average Bonchev–Trinajstić information content (AvgIpc) is 3.21. The number of nitrogens with zero attached hydrogens (tertiary/aromatic N) is 4. The Morgan fingerprint density at radius 1 is 0.887 bits per heavy atom. The first kappa shape index (κ1) is 47.5. The molecule has 0 spiro atoms. The van der Waals surface area contributed by atoms with Gasteiger partial charge in [-0.3, -0.25) is 9.99 Å². The molecular weight excluding hydrogens is 818 g/mol. The van der Waals surface area contributed by atoms with Gasteiger partial charge in [0.1, 0.15) is 37.0 Å². The van der Waals surface area contributed by atoms with Gasteiger partial charge in [0, 0.05) is 30.2 Å². The minimum atomic E-state index is -2.50. The summed E-state index contributed by atoms with van der Waals surface area (Å²) in [5, 5.41) is 6.53. The van der Waals surface area contributed by atoms with Crippen LogP contribution in [-0.4, -0.2) is 70.3 Å². The van der Waals surface area contributed by atoms with Crippen molar-refractivity contribution in [3.63, 3.8) is 0 Å². The summed E-state index contributed by atoms with van der Waals surface area (Å²) in [6.45, 7) is 29.0. The molecule has 4 heterocycles. The van der Waals surface area contributed by atoms with Crippen LogP contribution in [0, 0.1) is 29.0 Å². The van der Waals surface area contributed by atoms with Gasteiger partial charge in [-0.05, 0) is 88.6 Å². The van der Waals surface area contributed by atoms with Crippen molar-refractivity contribution >= 4 is 43.9 Å². The molecule has 0 unspecified atom stereocenters. The third kappa shape index (κ3) is 9.45. The molecule has 4 aromatic rings. The summed E-state index contributed by atoms with van der Waals surface area (Å²) in [6, 6.07) is 7.00. The monoisotopic (exact) mass is 886 g/mol. The van der Waals surface area contributed by atoms with Crippen molar-refractivity contribution in [2.45, 2.75) is 142 Å². The van der Waals surface area contributed by atoms with E-state index in [9.17, 15) is 4.39 Å². The van der Waals surface area contributed by atoms with Gasteiger partial charge < -0.3 is 14.5 Å². The van der Waals surface area contributed by atoms with Crippen LogP contribution in [0.2, 0.25) is 33.2 Å². The van der Waals surface area contributed by atoms with Gasteiger partial charge in [0.2, 0.25) is 0 Å². The molecule has 13 heteroatoms. The van der Waals surface area contributed by atoms with Crippen molar-refractivity contribution in [2.24, 2.45) is 5.92 Å². The molecule has 8 nitrogen and oxygen atoms in total. The number of hydrogen-bond donors (Lipinski definition) is 2. The summed E-state index contributed by atoms with van der Waals surface area (Å²) in [5.41, 5.74) is 9.46. The maximum absolute atomic E-state index is 17.9. The second kappa shape index (κ2) is 19.8. The zero-order chi connectivity index (χ0) is 45.1. The summed E-state index contributed by atoms with van der Waals surface area (Å²) >= 11 is 0. The smallest absolute Gasteiger partial charge is 0.319 e. The Hall–Kier alpha value is -3.97. The summed E-state index contributed by atoms with van der Waals surface area (Å²) in [4.78, 5) is 14.3. The van der Waals surface area contributed by atoms with Crippen molar-refractivity contribution in [3.05, 3.63) is 59.8 Å². The lowest BCUT2D eigenvalue weighted by atomic mass is 9.95. The molecule has 2 aliphatic heterocycles. The fourth-order valence-corrected chi connectivity index (χ4v) is 21.2. The molecule has 2 aromatic carbocycles. The Labute approximate surface area is 370 Å². The number of alkyl halides is 1. The average molecular weight is 887 g/mol. The quantitative estimate of drug-likeness (QED) is 0.0780. The van der Waals surface area contributed by atoms with Crippen LogP contribution >= 0.6 is 0 Å². The highest BCUT2D eigenvalue weighted by atomic mass is 28.4. The van der Waals surface area contributed by atoms with Crippen molar-refractivity contribution in [1.29, 1.82) is 0 Å². The molecule has 336 valence electrons. The van der Waals surface area contributed by atoms with Crippen LogP contribution in [0.5, 0.6) is 11.8 Å². The van der Waals surface area contributed by atoms with Crippen molar-refractivity contribution in [3.8, 4) is 34.5 Å². The fourth-order valence-electron chi connectivity index (χ4n) is 10.8. The van der Waals surface area contributed by atoms with E-state index >= 15 is 8.78 Å². The molecule has 0 amide bonds. The predicted molar refractivity (Wildman–Crippen MR) is 255 cm³/mol. The van der Waals surface area contributed by atoms with Crippen LogP contribution in [0.4, 0.5) is 19.0 Å². The van der Waals surface area contributed by atoms with Gasteiger partial charge in [-0.2, -0.15) is 9.97 Å². The molecular formula is C49H69F3N6O2Si2. The molecule has 2 atom stereocenters. The first-order valence-corrected chi connectivity index (χ1v) is 27.3. The van der Waals surface area contributed by atoms with E-state index in [0.717, 1.165) is 19.4 Å². The molecule has 2 aromatic heterocycles. The molecule has 2 N–H and O–H groups in total. The van der Waals surface area contributed by atoms with E-state index in [4.69, 9.17) is 24.1 Å². The summed E-state index contributed by atoms with van der Waals surface area (Å²) in [5.74, 6) is 3.20. The van der Waals surface area contributed by atoms with Crippen molar-refractivity contribution in [1.82, 2.24) is 25.7 Å². The van der Waals surface area contributed by atoms with E-state index in [1.807, 2.05) is 29.3 Å². The third-order valence-corrected chi connectivity index (χ3v) is 26.0. The molecule has 0 bridgehead atoms. The molecule has 0 saturated carbocycles. The molecule has 6 rings (SSSR count). The summed E-state index contributed by atoms with van der Waals surface area (Å²) in [6.07, 6.45) is 6.65. The minimum Gasteiger partial charge on any atom is -0.543 e. The second-order valence-corrected chi connectivity index (χ2v) is 30.3. The summed E-state index contributed by atoms with van der Waals surface area (Å²) in [7, 11) is -4.81. The second-order valence-electron chi connectivity index (χ2n) is 19.4. The number of benzene rings is 2. The van der Waals surface area contributed by atoms with Gasteiger partial charge in [0.15, 0.2) is 11.6 Å². The Bertz CT molecular complexity index is 2260. The van der Waals surface area contributed by atoms with Gasteiger partial charge in [-0.1, -0.05) is 107 Å². The Balaban J connectivity index is 1.62. The zero-order valence-corrected chi connectivity index (χ0v) is 41.1. The lowest BCUT2D eigenvalue weighted by Gasteiger charge is -2.42. The van der Waals surface area contributed by atoms with E-state index in [-0.39, 0.29) is 51.9 Å². The van der Waals surface area contributed by atoms with E-state index in [0.29, 0.717) is 76.0 Å². The fraction of sp³-hybridized carbons (Fsp3) is 0.571. The highest BCUT2D eigenvalue weighted by molar-refractivity contribution is 6.90. The number of pyridine rings is 1. The molecule has 0 radical (unpaired) electrons. The van der Waals surface area contributed by atoms with E-state index < -0.39 is 34.2 Å². The molecule has 62 heavy (non-hydrogen) atoms. The van der Waals surface area contributed by atoms with Gasteiger partial charge in [-0.25, -0.2) is 18.6 Å². The van der Waals surface area contributed by atoms with Gasteiger partial charge >= 0.3 is 6.01 Å². The Morgan fingerprint density at radius 2 is 1.58 bits per heavy atom. The Morgan fingerprint density at radius 3 is 2.21 bits per heavy atom. The first-order valence-electron chi connectivity index (χ1n) is 22.9. The maximum atomic E-state index is 17.9. The van der Waals surface area contributed by atoms with Gasteiger partial charge in [0.05, 0.1) is 24.1 Å². The number of ether oxygens (including phenoxy) is 1. The third-order valence-electron chi connectivity index (χ3n) is 13.7. The van der Waals surface area contributed by atoms with Crippen molar-refractivity contribution < 1.29 is 22.3 Å². The lowest BCUT2D eigenvalue weighted by molar-refractivity contribution is 0.166. The standard InChI is InChI=1S/C49H69F3N6O2Si2/c1-30(2)61(31(3)4,32(5)6)23-19-40-43(51)18-17-37-25-39(60-62(33(7)8,34(9)10)35(11)12)26-41(44(37)40)46-45(52)47-42(28-54-46)48(58-22-14-13-21-55-58)57-49(56-47)59-29-36-16-15-20-53-27-38(50)24-36/h13-14,17-18,25-26,28,30-36,38,53,55H,15-16,20-22,24,27,29H2,1-12H3/t36-,38-/m1/s1. The first-order chi connectivity index (χ1) is 29.4. The number of fused-ring (bicyclic) bond motifs is 2.